The van der Waals surface area contributed by atoms with Gasteiger partial charge in [0.1, 0.15) is 0 Å². The Morgan fingerprint density at radius 3 is 2.44 bits per heavy atom. The topological polar surface area (TPSA) is 17.1 Å². The van der Waals surface area contributed by atoms with Crippen LogP contribution in [0.1, 0.15) is 27.0 Å². The third-order valence-electron chi connectivity index (χ3n) is 2.70. The molecule has 0 N–H and O–H groups in total. The number of hydrogen-bond acceptors (Lipinski definition) is 2. The van der Waals surface area contributed by atoms with Gasteiger partial charge < -0.3 is 0 Å². The van der Waals surface area contributed by atoms with E-state index in [9.17, 15) is 4.79 Å². The van der Waals surface area contributed by atoms with Gasteiger partial charge in [-0.3, -0.25) is 4.79 Å². The number of ketones is 1. The van der Waals surface area contributed by atoms with E-state index in [1.165, 1.54) is 0 Å². The van der Waals surface area contributed by atoms with Crippen molar-refractivity contribution in [1.29, 1.82) is 0 Å². The molecule has 0 atom stereocenters. The third kappa shape index (κ3) is 2.22. The fourth-order valence-electron chi connectivity index (χ4n) is 1.92. The Labute approximate surface area is 99.8 Å². The van der Waals surface area contributed by atoms with Gasteiger partial charge in [0.05, 0.1) is 0 Å². The van der Waals surface area contributed by atoms with Gasteiger partial charge in [-0.1, -0.05) is 18.2 Å². The molecule has 16 heavy (non-hydrogen) atoms. The first-order valence-electron chi connectivity index (χ1n) is 5.29. The van der Waals surface area contributed by atoms with Crippen LogP contribution in [0.2, 0.25) is 0 Å². The molecule has 2 rings (SSSR count). The summed E-state index contributed by atoms with van der Waals surface area (Å²) in [7, 11) is 0. The van der Waals surface area contributed by atoms with Crippen LogP contribution >= 0.6 is 11.3 Å². The molecule has 0 aliphatic heterocycles. The van der Waals surface area contributed by atoms with Crippen LogP contribution in [-0.4, -0.2) is 5.78 Å². The van der Waals surface area contributed by atoms with Crippen molar-refractivity contribution in [3.8, 4) is 0 Å². The Morgan fingerprint density at radius 1 is 1.19 bits per heavy atom. The Kier molecular flexibility index (Phi) is 3.20. The number of rotatable bonds is 3. The Hall–Kier alpha value is -1.41. The average Bonchev–Trinajstić information content (AvgIpc) is 2.70. The zero-order chi connectivity index (χ0) is 11.5. The molecule has 1 aromatic carbocycles. The van der Waals surface area contributed by atoms with Gasteiger partial charge in [0.15, 0.2) is 5.78 Å². The molecule has 1 heterocycles. The second kappa shape index (κ2) is 4.62. The molecule has 0 saturated heterocycles. The summed E-state index contributed by atoms with van der Waals surface area (Å²) in [5.41, 5.74) is 4.13. The van der Waals surface area contributed by atoms with Crippen LogP contribution in [0.5, 0.6) is 0 Å². The molecule has 0 fully saturated rings. The van der Waals surface area contributed by atoms with Gasteiger partial charge in [-0.2, -0.15) is 11.3 Å². The van der Waals surface area contributed by atoms with Crippen molar-refractivity contribution in [1.82, 2.24) is 0 Å². The van der Waals surface area contributed by atoms with Gasteiger partial charge in [0.2, 0.25) is 0 Å². The number of aryl methyl sites for hydroxylation is 2. The lowest BCUT2D eigenvalue weighted by molar-refractivity contribution is 0.0992. The molecule has 0 spiro atoms. The van der Waals surface area contributed by atoms with Gasteiger partial charge in [-0.15, -0.1) is 0 Å². The van der Waals surface area contributed by atoms with Crippen LogP contribution in [0.4, 0.5) is 0 Å². The maximum absolute atomic E-state index is 12.2. The summed E-state index contributed by atoms with van der Waals surface area (Å²) in [4.78, 5) is 12.2. The fourth-order valence-corrected chi connectivity index (χ4v) is 2.59. The molecular formula is C14H14OS. The highest BCUT2D eigenvalue weighted by molar-refractivity contribution is 7.08. The maximum Gasteiger partial charge on any atom is 0.167 e. The Bertz CT molecular complexity index is 477. The van der Waals surface area contributed by atoms with E-state index in [0.717, 1.165) is 22.3 Å². The van der Waals surface area contributed by atoms with Crippen LogP contribution in [0, 0.1) is 13.8 Å². The van der Waals surface area contributed by atoms with Crippen LogP contribution in [0.25, 0.3) is 0 Å². The van der Waals surface area contributed by atoms with E-state index in [2.05, 4.69) is 0 Å². The van der Waals surface area contributed by atoms with E-state index in [4.69, 9.17) is 0 Å². The van der Waals surface area contributed by atoms with Crippen molar-refractivity contribution < 1.29 is 4.79 Å². The van der Waals surface area contributed by atoms with Gasteiger partial charge in [0.25, 0.3) is 0 Å². The van der Waals surface area contributed by atoms with Crippen molar-refractivity contribution >= 4 is 17.1 Å². The van der Waals surface area contributed by atoms with E-state index in [0.29, 0.717) is 6.42 Å². The molecule has 1 aromatic heterocycles. The number of Topliss-reactive ketones (excluding diaryl/α,β-unsaturated/α-hetero) is 1. The molecule has 0 aliphatic rings. The fraction of sp³-hybridized carbons (Fsp3) is 0.214. The standard InChI is InChI=1S/C14H14OS/c1-10-4-3-5-11(2)14(10)13(15)8-12-6-7-16-9-12/h3-7,9H,8H2,1-2H3. The molecule has 0 radical (unpaired) electrons. The first-order valence-corrected chi connectivity index (χ1v) is 6.23. The first kappa shape index (κ1) is 11.1. The zero-order valence-corrected chi connectivity index (χ0v) is 10.3. The van der Waals surface area contributed by atoms with E-state index >= 15 is 0 Å². The summed E-state index contributed by atoms with van der Waals surface area (Å²) in [6.45, 7) is 3.99. The van der Waals surface area contributed by atoms with Gasteiger partial charge in [0, 0.05) is 12.0 Å². The zero-order valence-electron chi connectivity index (χ0n) is 9.49. The number of hydrogen-bond donors (Lipinski definition) is 0. The second-order valence-corrected chi connectivity index (χ2v) is 4.78. The largest absolute Gasteiger partial charge is 0.294 e. The van der Waals surface area contributed by atoms with Crippen molar-refractivity contribution in [3.63, 3.8) is 0 Å². The second-order valence-electron chi connectivity index (χ2n) is 4.00. The normalized spacial score (nSPS) is 10.4. The number of carbonyl (C=O) groups excluding carboxylic acids is 1. The quantitative estimate of drug-likeness (QED) is 0.733. The summed E-state index contributed by atoms with van der Waals surface area (Å²) in [6.07, 6.45) is 0.509. The lowest BCUT2D eigenvalue weighted by atomic mass is 9.96. The number of thiophene rings is 1. The minimum absolute atomic E-state index is 0.217. The van der Waals surface area contributed by atoms with E-state index in [1.54, 1.807) is 11.3 Å². The molecule has 0 aliphatic carbocycles. The first-order chi connectivity index (χ1) is 7.68. The van der Waals surface area contributed by atoms with Crippen molar-refractivity contribution in [2.45, 2.75) is 20.3 Å². The number of benzene rings is 1. The van der Waals surface area contributed by atoms with Crippen LogP contribution in [0.3, 0.4) is 0 Å². The smallest absolute Gasteiger partial charge is 0.167 e. The van der Waals surface area contributed by atoms with Crippen LogP contribution in [0.15, 0.2) is 35.0 Å². The lowest BCUT2D eigenvalue weighted by Crippen LogP contribution is -2.07. The Balaban J connectivity index is 2.28. The summed E-state index contributed by atoms with van der Waals surface area (Å²) in [5, 5.41) is 4.04. The molecular weight excluding hydrogens is 216 g/mol. The van der Waals surface area contributed by atoms with Crippen molar-refractivity contribution in [2.75, 3.05) is 0 Å². The summed E-state index contributed by atoms with van der Waals surface area (Å²) in [6, 6.07) is 7.99. The van der Waals surface area contributed by atoms with E-state index in [1.807, 2.05) is 48.9 Å². The third-order valence-corrected chi connectivity index (χ3v) is 3.44. The monoisotopic (exact) mass is 230 g/mol. The number of carbonyl (C=O) groups is 1. The molecule has 0 bridgehead atoms. The molecule has 0 unspecified atom stereocenters. The summed E-state index contributed by atoms with van der Waals surface area (Å²) < 4.78 is 0. The van der Waals surface area contributed by atoms with Gasteiger partial charge in [-0.05, 0) is 47.4 Å². The minimum atomic E-state index is 0.217. The van der Waals surface area contributed by atoms with Crippen molar-refractivity contribution in [3.05, 3.63) is 57.3 Å². The van der Waals surface area contributed by atoms with Crippen LogP contribution in [-0.2, 0) is 6.42 Å². The summed E-state index contributed by atoms with van der Waals surface area (Å²) >= 11 is 1.63. The van der Waals surface area contributed by atoms with E-state index in [-0.39, 0.29) is 5.78 Å². The highest BCUT2D eigenvalue weighted by atomic mass is 32.1. The Morgan fingerprint density at radius 2 is 1.88 bits per heavy atom. The van der Waals surface area contributed by atoms with Crippen molar-refractivity contribution in [2.24, 2.45) is 0 Å². The average molecular weight is 230 g/mol. The summed E-state index contributed by atoms with van der Waals surface area (Å²) in [5.74, 6) is 0.217. The van der Waals surface area contributed by atoms with E-state index < -0.39 is 0 Å². The minimum Gasteiger partial charge on any atom is -0.294 e. The molecule has 1 nitrogen and oxygen atoms in total. The predicted molar refractivity (Wildman–Crippen MR) is 68.3 cm³/mol. The molecule has 2 heteroatoms. The lowest BCUT2D eigenvalue weighted by Gasteiger charge is -2.07. The molecule has 0 saturated carbocycles. The molecule has 2 aromatic rings. The maximum atomic E-state index is 12.2. The highest BCUT2D eigenvalue weighted by Gasteiger charge is 2.12. The highest BCUT2D eigenvalue weighted by Crippen LogP contribution is 2.17. The van der Waals surface area contributed by atoms with Gasteiger partial charge >= 0.3 is 0 Å². The van der Waals surface area contributed by atoms with Crippen LogP contribution < -0.4 is 0 Å². The molecule has 0 amide bonds. The SMILES string of the molecule is Cc1cccc(C)c1C(=O)Cc1ccsc1. The molecule has 82 valence electrons. The van der Waals surface area contributed by atoms with Gasteiger partial charge in [-0.25, -0.2) is 0 Å². The predicted octanol–water partition coefficient (Wildman–Crippen LogP) is 3.79.